The van der Waals surface area contributed by atoms with Gasteiger partial charge in [-0.1, -0.05) is 52.5 Å². The summed E-state index contributed by atoms with van der Waals surface area (Å²) in [4.78, 5) is 35.6. The molecule has 0 aliphatic carbocycles. The Kier molecular flexibility index (Phi) is 7.21. The number of ether oxygens (including phenoxy) is 1. The maximum Gasteiger partial charge on any atom is 0.323 e. The zero-order chi connectivity index (χ0) is 22.0. The number of thioether (sulfide) groups is 1. The van der Waals surface area contributed by atoms with Crippen molar-refractivity contribution < 1.29 is 24.2 Å². The molecule has 1 aliphatic rings. The van der Waals surface area contributed by atoms with Gasteiger partial charge in [0.25, 0.3) is 11.1 Å². The first-order valence-electron chi connectivity index (χ1n) is 8.18. The van der Waals surface area contributed by atoms with E-state index < -0.39 is 23.7 Å². The van der Waals surface area contributed by atoms with Crippen LogP contribution in [0, 0.1) is 0 Å². The summed E-state index contributed by atoms with van der Waals surface area (Å²) in [6.07, 6.45) is 1.41. The Morgan fingerprint density at radius 1 is 1.07 bits per heavy atom. The normalized spacial score (nSPS) is 15.2. The Balaban J connectivity index is 1.79. The highest BCUT2D eigenvalue weighted by molar-refractivity contribution is 8.18. The van der Waals surface area contributed by atoms with Crippen LogP contribution in [0.15, 0.2) is 35.2 Å². The van der Waals surface area contributed by atoms with Crippen molar-refractivity contribution >= 4 is 81.4 Å². The molecule has 0 saturated carbocycles. The average molecular weight is 507 g/mol. The van der Waals surface area contributed by atoms with E-state index in [1.54, 1.807) is 18.2 Å². The molecular weight excluding hydrogens is 496 g/mol. The average Bonchev–Trinajstić information content (AvgIpc) is 2.89. The number of imide groups is 1. The number of aliphatic carboxylic acids is 1. The number of halogens is 4. The lowest BCUT2D eigenvalue weighted by Gasteiger charge is -2.12. The standard InChI is InChI=1S/C19H11Cl4NO5S/c20-11-2-1-10(12(21)6-11)8-29-17-13(22)3-9(4-14(17)23)5-15-18(27)24(7-16(25)26)19(28)30-15/h1-6H,7-8H2,(H,25,26)/b15-5+. The van der Waals surface area contributed by atoms with E-state index >= 15 is 0 Å². The largest absolute Gasteiger partial charge is 0.486 e. The van der Waals surface area contributed by atoms with E-state index in [1.165, 1.54) is 18.2 Å². The summed E-state index contributed by atoms with van der Waals surface area (Å²) >= 11 is 25.2. The molecule has 156 valence electrons. The predicted octanol–water partition coefficient (Wildman–Crippen LogP) is 6.00. The van der Waals surface area contributed by atoms with E-state index in [0.717, 1.165) is 0 Å². The molecule has 1 heterocycles. The summed E-state index contributed by atoms with van der Waals surface area (Å²) in [6, 6.07) is 8.00. The number of carboxylic acid groups (broad SMARTS) is 1. The second kappa shape index (κ2) is 9.49. The highest BCUT2D eigenvalue weighted by Crippen LogP contribution is 2.38. The number of carboxylic acids is 1. The molecule has 11 heteroatoms. The molecule has 30 heavy (non-hydrogen) atoms. The number of rotatable bonds is 6. The minimum absolute atomic E-state index is 0.0648. The second-order valence-electron chi connectivity index (χ2n) is 6.00. The molecule has 0 atom stereocenters. The van der Waals surface area contributed by atoms with Gasteiger partial charge < -0.3 is 9.84 Å². The third-order valence-corrected chi connectivity index (χ3v) is 5.93. The van der Waals surface area contributed by atoms with Gasteiger partial charge in [0, 0.05) is 15.6 Å². The van der Waals surface area contributed by atoms with Crippen LogP contribution in [0.25, 0.3) is 6.08 Å². The van der Waals surface area contributed by atoms with Crippen molar-refractivity contribution in [2.75, 3.05) is 6.54 Å². The molecule has 2 amide bonds. The van der Waals surface area contributed by atoms with Crippen LogP contribution in [0.1, 0.15) is 11.1 Å². The Bertz CT molecular complexity index is 1070. The Morgan fingerprint density at radius 3 is 2.33 bits per heavy atom. The molecule has 0 bridgehead atoms. The Morgan fingerprint density at radius 2 is 1.73 bits per heavy atom. The SMILES string of the molecule is O=C(O)CN1C(=O)S/C(=C/c2cc(Cl)c(OCc3ccc(Cl)cc3Cl)c(Cl)c2)C1=O. The topological polar surface area (TPSA) is 83.9 Å². The fourth-order valence-corrected chi connectivity index (χ4v) is 4.43. The van der Waals surface area contributed by atoms with E-state index in [9.17, 15) is 14.4 Å². The quantitative estimate of drug-likeness (QED) is 0.483. The number of carbonyl (C=O) groups is 3. The number of nitrogens with zero attached hydrogens (tertiary/aromatic N) is 1. The van der Waals surface area contributed by atoms with E-state index in [-0.39, 0.29) is 27.3 Å². The van der Waals surface area contributed by atoms with Gasteiger partial charge in [-0.15, -0.1) is 0 Å². The van der Waals surface area contributed by atoms with Crippen molar-refractivity contribution in [3.63, 3.8) is 0 Å². The third-order valence-electron chi connectivity index (χ3n) is 3.87. The Hall–Kier alpha value is -1.90. The molecule has 1 N–H and O–H groups in total. The van der Waals surface area contributed by atoms with E-state index in [2.05, 4.69) is 0 Å². The first kappa shape index (κ1) is 22.8. The summed E-state index contributed by atoms with van der Waals surface area (Å²) in [7, 11) is 0. The molecule has 1 fully saturated rings. The Labute approximate surface area is 195 Å². The third kappa shape index (κ3) is 5.22. The van der Waals surface area contributed by atoms with Gasteiger partial charge in [-0.25, -0.2) is 0 Å². The molecule has 0 unspecified atom stereocenters. The lowest BCUT2D eigenvalue weighted by molar-refractivity contribution is -0.140. The van der Waals surface area contributed by atoms with Gasteiger partial charge in [0.2, 0.25) is 0 Å². The first-order valence-corrected chi connectivity index (χ1v) is 10.5. The molecule has 1 aliphatic heterocycles. The van der Waals surface area contributed by atoms with E-state index in [0.29, 0.717) is 37.8 Å². The number of carbonyl (C=O) groups excluding carboxylic acids is 2. The van der Waals surface area contributed by atoms with Crippen molar-refractivity contribution in [3.8, 4) is 5.75 Å². The van der Waals surface area contributed by atoms with Gasteiger partial charge in [-0.3, -0.25) is 19.3 Å². The molecular formula is C19H11Cl4NO5S. The highest BCUT2D eigenvalue weighted by Gasteiger charge is 2.36. The monoisotopic (exact) mass is 505 g/mol. The second-order valence-corrected chi connectivity index (χ2v) is 8.65. The number of benzene rings is 2. The van der Waals surface area contributed by atoms with Gasteiger partial charge in [0.15, 0.2) is 5.75 Å². The van der Waals surface area contributed by atoms with Crippen molar-refractivity contribution in [1.29, 1.82) is 0 Å². The lowest BCUT2D eigenvalue weighted by atomic mass is 10.2. The zero-order valence-corrected chi connectivity index (χ0v) is 18.7. The lowest BCUT2D eigenvalue weighted by Crippen LogP contribution is -2.33. The smallest absolute Gasteiger partial charge is 0.323 e. The minimum Gasteiger partial charge on any atom is -0.486 e. The summed E-state index contributed by atoms with van der Waals surface area (Å²) in [6.45, 7) is -0.605. The molecule has 0 radical (unpaired) electrons. The van der Waals surface area contributed by atoms with Gasteiger partial charge in [-0.05, 0) is 47.7 Å². The summed E-state index contributed by atoms with van der Waals surface area (Å²) < 4.78 is 5.69. The van der Waals surface area contributed by atoms with Crippen LogP contribution in [-0.2, 0) is 16.2 Å². The summed E-state index contributed by atoms with van der Waals surface area (Å²) in [5.41, 5.74) is 1.13. The van der Waals surface area contributed by atoms with Crippen LogP contribution in [-0.4, -0.2) is 33.7 Å². The van der Waals surface area contributed by atoms with Crippen LogP contribution < -0.4 is 4.74 Å². The first-order chi connectivity index (χ1) is 14.2. The van der Waals surface area contributed by atoms with Crippen LogP contribution in [0.5, 0.6) is 5.75 Å². The van der Waals surface area contributed by atoms with Crippen molar-refractivity contribution in [2.24, 2.45) is 0 Å². The molecule has 2 aromatic rings. The number of hydrogen-bond acceptors (Lipinski definition) is 5. The van der Waals surface area contributed by atoms with E-state index in [1.807, 2.05) is 0 Å². The van der Waals surface area contributed by atoms with Crippen LogP contribution >= 0.6 is 58.2 Å². The van der Waals surface area contributed by atoms with Gasteiger partial charge in [0.05, 0.1) is 15.0 Å². The fourth-order valence-electron chi connectivity index (χ4n) is 2.51. The molecule has 0 aromatic heterocycles. The molecule has 1 saturated heterocycles. The number of hydrogen-bond donors (Lipinski definition) is 1. The fraction of sp³-hybridized carbons (Fsp3) is 0.105. The van der Waals surface area contributed by atoms with Crippen molar-refractivity contribution in [1.82, 2.24) is 4.90 Å². The predicted molar refractivity (Wildman–Crippen MR) is 118 cm³/mol. The molecule has 6 nitrogen and oxygen atoms in total. The van der Waals surface area contributed by atoms with Gasteiger partial charge in [-0.2, -0.15) is 0 Å². The van der Waals surface area contributed by atoms with Crippen LogP contribution in [0.4, 0.5) is 4.79 Å². The van der Waals surface area contributed by atoms with Crippen LogP contribution in [0.2, 0.25) is 20.1 Å². The highest BCUT2D eigenvalue weighted by atomic mass is 35.5. The zero-order valence-electron chi connectivity index (χ0n) is 14.8. The van der Waals surface area contributed by atoms with Gasteiger partial charge in [0.1, 0.15) is 13.2 Å². The molecule has 2 aromatic carbocycles. The van der Waals surface area contributed by atoms with Crippen LogP contribution in [0.3, 0.4) is 0 Å². The molecule has 0 spiro atoms. The van der Waals surface area contributed by atoms with Gasteiger partial charge >= 0.3 is 5.97 Å². The van der Waals surface area contributed by atoms with Crippen molar-refractivity contribution in [2.45, 2.75) is 6.61 Å². The maximum absolute atomic E-state index is 12.2. The van der Waals surface area contributed by atoms with E-state index in [4.69, 9.17) is 56.2 Å². The van der Waals surface area contributed by atoms with Crippen molar-refractivity contribution in [3.05, 3.63) is 66.5 Å². The summed E-state index contributed by atoms with van der Waals surface area (Å²) in [5, 5.41) is 9.45. The molecule has 3 rings (SSSR count). The number of amides is 2. The summed E-state index contributed by atoms with van der Waals surface area (Å²) in [5.74, 6) is -1.76. The minimum atomic E-state index is -1.29. The maximum atomic E-state index is 12.2.